The van der Waals surface area contributed by atoms with Crippen molar-refractivity contribution in [2.45, 2.75) is 13.8 Å². The maximum atomic E-state index is 7.44. The van der Waals surface area contributed by atoms with E-state index in [1.165, 1.54) is 0 Å². The van der Waals surface area contributed by atoms with Crippen LogP contribution in [-0.2, 0) is 223 Å². The molecule has 0 saturated heterocycles. The molecule has 0 bridgehead atoms. The first-order valence-electron chi connectivity index (χ1n) is 4.29. The first-order chi connectivity index (χ1) is 9.44. The van der Waals surface area contributed by atoms with E-state index in [1.807, 2.05) is 38.1 Å². The van der Waals surface area contributed by atoms with Gasteiger partial charge in [0.15, 0.2) is 0 Å². The summed E-state index contributed by atoms with van der Waals surface area (Å²) in [6.45, 7) is 3.11. The number of halogens is 5. The Hall–Kier alpha value is 10.4. The van der Waals surface area contributed by atoms with Gasteiger partial charge in [-0.05, 0) is 14.1 Å². The molecule has 6 radical (unpaired) electrons. The molecule has 27 heavy (non-hydrogen) atoms. The van der Waals surface area contributed by atoms with E-state index in [4.69, 9.17) is 49.2 Å². The molecule has 0 spiro atoms. The molecule has 0 heterocycles. The van der Waals surface area contributed by atoms with Gasteiger partial charge in [0.2, 0.25) is 0 Å². The second-order valence-electron chi connectivity index (χ2n) is 2.13. The van der Waals surface area contributed by atoms with E-state index in [-0.39, 0.29) is 196 Å². The van der Waals surface area contributed by atoms with Crippen molar-refractivity contribution in [1.29, 1.82) is 0 Å². The number of hydrogen-bond acceptors (Lipinski definition) is 2. The van der Waals surface area contributed by atoms with Gasteiger partial charge in [0.1, 0.15) is 0 Å². The minimum Gasteiger partial charge on any atom is 0 e. The van der Waals surface area contributed by atoms with E-state index < -0.39 is 26.6 Å². The average Bonchev–Trinajstić information content (AvgIpc) is 2.16. The number of rotatable bonds is 0. The van der Waals surface area contributed by atoms with Crippen LogP contribution in [0.5, 0.6) is 0 Å². The Morgan fingerprint density at radius 3 is 0.889 bits per heavy atom. The van der Waals surface area contributed by atoms with E-state index in [0.717, 1.165) is 12.4 Å². The topological polar surface area (TPSA) is 51.1 Å². The Morgan fingerprint density at radius 1 is 0.889 bits per heavy atom. The fraction of sp³-hybridized carbons (Fsp3) is 0.571. The van der Waals surface area contributed by atoms with Crippen molar-refractivity contribution >= 4 is 98.5 Å². The van der Waals surface area contributed by atoms with Gasteiger partial charge in [0, 0.05) is 196 Å². The van der Waals surface area contributed by atoms with Gasteiger partial charge in [-0.25, -0.2) is 12.4 Å². The molecule has 0 N–H and O–H groups in total. The Balaban J connectivity index is -0.00000000962. The maximum absolute atomic E-state index is 7.44. The predicted octanol–water partition coefficient (Wildman–Crippen LogP) is 5.91. The summed E-state index contributed by atoms with van der Waals surface area (Å²) in [4.78, 5) is 0. The molecule has 0 saturated carbocycles. The quantitative estimate of drug-likeness (QED) is 0.131. The van der Waals surface area contributed by atoms with Crippen LogP contribution in [0.25, 0.3) is 10.8 Å². The van der Waals surface area contributed by atoms with Gasteiger partial charge < -0.3 is 15.5 Å². The van der Waals surface area contributed by atoms with Crippen molar-refractivity contribution in [2.24, 2.45) is 0 Å². The molecule has 4 nitrogen and oxygen atoms in total. The van der Waals surface area contributed by atoms with Crippen LogP contribution in [0.15, 0.2) is 0 Å². The Labute approximate surface area is 366 Å². The maximum Gasteiger partial charge on any atom is 0 e. The average molecular weight is 1440 g/mol. The summed E-state index contributed by atoms with van der Waals surface area (Å²) in [5.41, 5.74) is 0. The summed E-state index contributed by atoms with van der Waals surface area (Å²) in [5.74, 6) is 0. The summed E-state index contributed by atoms with van der Waals surface area (Å²) in [6.07, 6.45) is 2.00. The molecule has 0 aliphatic carbocycles. The van der Waals surface area contributed by atoms with E-state index in [1.54, 1.807) is 18.5 Å². The smallest absolute Gasteiger partial charge is 0 e. The molecule has 0 aliphatic rings. The van der Waals surface area contributed by atoms with Gasteiger partial charge in [0.25, 0.3) is 0 Å². The van der Waals surface area contributed by atoms with Gasteiger partial charge >= 0.3 is 84.5 Å². The standard InChI is InChI=1S/C2H7NP.2C2H4N.CH7NP2.4ClH.HI.2Ir.6Y/c1-3(2)4;2*1-2-3;1-2(3)4;;;;;;;;;;;;;/h1,4H2,2H3;2*2H,1H3;3-4H2,1H3;5*1H;;;;;;;;/q3*-1;;;;;;;2*+3;;;;;;/p-5. The number of hydrogen-bond donors (Lipinski definition) is 0. The van der Waals surface area contributed by atoms with Crippen molar-refractivity contribution in [3.05, 3.63) is 17.9 Å². The van der Waals surface area contributed by atoms with E-state index >= 15 is 0 Å². The van der Waals surface area contributed by atoms with Crippen molar-refractivity contribution in [3.8, 4) is 0 Å². The van der Waals surface area contributed by atoms with Crippen LogP contribution in [0.4, 0.5) is 0 Å². The molecule has 3 unspecified atom stereocenters. The second kappa shape index (κ2) is 90.9. The van der Waals surface area contributed by atoms with Gasteiger partial charge in [-0.15, -0.1) is 0 Å². The molecule has 0 aromatic heterocycles. The molecular weight excluding hydrogens is 1420 g/mol. The third kappa shape index (κ3) is 400. The van der Waals surface area contributed by atoms with E-state index in [2.05, 4.69) is 35.2 Å². The van der Waals surface area contributed by atoms with Crippen LogP contribution >= 0.6 is 86.1 Å². The molecule has 0 amide bonds. The molecular formula is C7H22Cl4IIr2N4P3Y6-2. The first-order valence-corrected chi connectivity index (χ1v) is 24.5. The monoisotopic (exact) mass is 1440 g/mol. The van der Waals surface area contributed by atoms with Gasteiger partial charge in [-0.2, -0.15) is 0 Å². The molecule has 0 aromatic carbocycles. The van der Waals surface area contributed by atoms with Crippen molar-refractivity contribution in [3.63, 3.8) is 0 Å². The molecule has 0 aliphatic heterocycles. The second-order valence-corrected chi connectivity index (χ2v) is 27.8. The fourth-order valence-electron chi connectivity index (χ4n) is 0. The Kier molecular flexibility index (Phi) is 259. The van der Waals surface area contributed by atoms with Gasteiger partial charge in [-0.3, -0.25) is 11.5 Å². The zero-order valence-corrected chi connectivity index (χ0v) is 45.9. The first kappa shape index (κ1) is 76.8. The fourth-order valence-corrected chi connectivity index (χ4v) is 0. The largest absolute Gasteiger partial charge is 0 e. The van der Waals surface area contributed by atoms with Crippen LogP contribution in [0.3, 0.4) is 0 Å². The summed E-state index contributed by atoms with van der Waals surface area (Å²) < 4.78 is 3.50. The van der Waals surface area contributed by atoms with E-state index in [9.17, 15) is 0 Å². The zero-order chi connectivity index (χ0) is 18.9. The summed E-state index contributed by atoms with van der Waals surface area (Å²) in [6, 6.07) is 0. The molecule has 0 aromatic rings. The summed E-state index contributed by atoms with van der Waals surface area (Å²) in [7, 11) is 33.2. The van der Waals surface area contributed by atoms with Crippen LogP contribution in [0, 0.1) is 7.05 Å². The Morgan fingerprint density at radius 2 is 0.889 bits per heavy atom. The summed E-state index contributed by atoms with van der Waals surface area (Å²) in [5, 5.41) is 14.9. The van der Waals surface area contributed by atoms with Crippen LogP contribution < -0.4 is 0 Å². The minimum atomic E-state index is -1.42. The van der Waals surface area contributed by atoms with Crippen LogP contribution in [0.2, 0.25) is 0 Å². The SMILES string of the molecule is CC=[N-].CC=[N-].CN(P)P.[CH2-]N(C)P.[Cl][Ir+][Cl].[Cl][Ir]([Cl])[I].[Y].[Y].[Y].[Y].[Y].[Y]. The van der Waals surface area contributed by atoms with Gasteiger partial charge in [0.05, 0.1) is 0 Å². The van der Waals surface area contributed by atoms with Crippen molar-refractivity contribution < 1.29 is 223 Å². The minimum absolute atomic E-state index is 0. The molecule has 3 atom stereocenters. The third-order valence-corrected chi connectivity index (χ3v) is 0. The Bertz CT molecular complexity index is 160. The molecule has 158 valence electrons. The van der Waals surface area contributed by atoms with Gasteiger partial charge in [-0.1, -0.05) is 42.0 Å². The molecule has 0 rings (SSSR count). The van der Waals surface area contributed by atoms with Crippen LogP contribution in [-0.4, -0.2) is 35.6 Å². The summed E-state index contributed by atoms with van der Waals surface area (Å²) >= 11 is 1.49. The van der Waals surface area contributed by atoms with Crippen LogP contribution in [0.1, 0.15) is 13.8 Å². The zero-order valence-electron chi connectivity index (χ0n) is 15.4. The third-order valence-electron chi connectivity index (χ3n) is 0. The van der Waals surface area contributed by atoms with Crippen molar-refractivity contribution in [1.82, 2.24) is 9.11 Å². The normalized spacial score (nSPS) is 6.11. The molecule has 0 fully saturated rings. The van der Waals surface area contributed by atoms with E-state index in [0.29, 0.717) is 0 Å². The molecule has 20 heteroatoms. The predicted molar refractivity (Wildman–Crippen MR) is 118 cm³/mol. The van der Waals surface area contributed by atoms with Crippen molar-refractivity contribution in [2.75, 3.05) is 14.1 Å². The number of nitrogens with zero attached hydrogens (tertiary/aromatic N) is 4.